The third-order valence-electron chi connectivity index (χ3n) is 4.11. The number of halogens is 2. The van der Waals surface area contributed by atoms with Crippen LogP contribution in [0.15, 0.2) is 42.0 Å². The number of aliphatic carboxylic acids is 1. The minimum atomic E-state index is -1.17. The van der Waals surface area contributed by atoms with Gasteiger partial charge >= 0.3 is 5.97 Å². The molecule has 0 radical (unpaired) electrons. The second-order valence-electron chi connectivity index (χ2n) is 6.12. The van der Waals surface area contributed by atoms with Crippen LogP contribution in [-0.2, 0) is 9.59 Å². The first-order chi connectivity index (χ1) is 13.3. The number of carboxylic acids is 1. The van der Waals surface area contributed by atoms with E-state index in [-0.39, 0.29) is 17.9 Å². The Morgan fingerprint density at radius 2 is 1.96 bits per heavy atom. The van der Waals surface area contributed by atoms with Crippen LogP contribution in [0.2, 0.25) is 10.0 Å². The first-order valence-electron chi connectivity index (χ1n) is 8.17. The van der Waals surface area contributed by atoms with Crippen molar-refractivity contribution in [3.8, 4) is 11.5 Å². The molecule has 0 atom stereocenters. The molecule has 1 aliphatic heterocycles. The first kappa shape index (κ1) is 19.9. The van der Waals surface area contributed by atoms with Gasteiger partial charge in [-0.1, -0.05) is 23.2 Å². The Kier molecular flexibility index (Phi) is 5.67. The van der Waals surface area contributed by atoms with Gasteiger partial charge in [-0.25, -0.2) is 0 Å². The molecule has 0 spiro atoms. The summed E-state index contributed by atoms with van der Waals surface area (Å²) in [5, 5.41) is 22.3. The third kappa shape index (κ3) is 4.16. The minimum absolute atomic E-state index is 0.0859. The lowest BCUT2D eigenvalue weighted by Crippen LogP contribution is -2.37. The standard InChI is InChI=1S/C19H16Cl2N2O5/c1-23-9-13(19(27)22-8-17(24)25)18(26)12-4-3-11(7-15(12)23)28-16-6-10(20)2-5-14(16)21/h2-7,26H,8-9H2,1H3,(H,22,27)(H,24,25). The van der Waals surface area contributed by atoms with Crippen LogP contribution in [0.4, 0.5) is 5.69 Å². The first-order valence-corrected chi connectivity index (χ1v) is 8.92. The van der Waals surface area contributed by atoms with Gasteiger partial charge in [-0.3, -0.25) is 9.59 Å². The molecule has 146 valence electrons. The second-order valence-corrected chi connectivity index (χ2v) is 6.96. The van der Waals surface area contributed by atoms with E-state index in [4.69, 9.17) is 33.0 Å². The maximum Gasteiger partial charge on any atom is 0.322 e. The average molecular weight is 423 g/mol. The maximum absolute atomic E-state index is 12.2. The number of hydrogen-bond donors (Lipinski definition) is 3. The summed E-state index contributed by atoms with van der Waals surface area (Å²) >= 11 is 12.1. The molecule has 2 aromatic carbocycles. The van der Waals surface area contributed by atoms with Crippen molar-refractivity contribution in [3.63, 3.8) is 0 Å². The molecule has 0 unspecified atom stereocenters. The Balaban J connectivity index is 1.90. The van der Waals surface area contributed by atoms with Gasteiger partial charge in [-0.2, -0.15) is 0 Å². The number of carboxylic acid groups (broad SMARTS) is 1. The molecule has 3 N–H and O–H groups in total. The topological polar surface area (TPSA) is 99.1 Å². The number of hydrogen-bond acceptors (Lipinski definition) is 5. The Hall–Kier alpha value is -2.90. The summed E-state index contributed by atoms with van der Waals surface area (Å²) in [6.45, 7) is -0.426. The number of likely N-dealkylation sites (N-methyl/N-ethyl adjacent to an activating group) is 1. The normalized spacial score (nSPS) is 13.2. The van der Waals surface area contributed by atoms with Gasteiger partial charge in [0.25, 0.3) is 5.91 Å². The van der Waals surface area contributed by atoms with Crippen LogP contribution >= 0.6 is 23.2 Å². The van der Waals surface area contributed by atoms with Crippen LogP contribution in [-0.4, -0.2) is 42.2 Å². The average Bonchev–Trinajstić information content (AvgIpc) is 2.65. The molecule has 1 aliphatic rings. The number of carbonyl (C=O) groups excluding carboxylic acids is 1. The molecule has 0 saturated heterocycles. The van der Waals surface area contributed by atoms with E-state index in [1.54, 1.807) is 48.3 Å². The predicted molar refractivity (Wildman–Crippen MR) is 106 cm³/mol. The van der Waals surface area contributed by atoms with Gasteiger partial charge in [-0.15, -0.1) is 0 Å². The lowest BCUT2D eigenvalue weighted by atomic mass is 10.00. The summed E-state index contributed by atoms with van der Waals surface area (Å²) in [6, 6.07) is 9.80. The number of aliphatic hydroxyl groups excluding tert-OH is 1. The number of carbonyl (C=O) groups is 2. The molecule has 0 bridgehead atoms. The lowest BCUT2D eigenvalue weighted by molar-refractivity contribution is -0.137. The quantitative estimate of drug-likeness (QED) is 0.678. The highest BCUT2D eigenvalue weighted by Gasteiger charge is 2.27. The number of fused-ring (bicyclic) bond motifs is 1. The summed E-state index contributed by atoms with van der Waals surface area (Å²) in [5.74, 6) is -1.14. The van der Waals surface area contributed by atoms with Crippen molar-refractivity contribution in [2.45, 2.75) is 0 Å². The number of anilines is 1. The van der Waals surface area contributed by atoms with E-state index in [0.29, 0.717) is 32.8 Å². The van der Waals surface area contributed by atoms with Crippen molar-refractivity contribution in [1.82, 2.24) is 5.32 Å². The molecule has 0 aromatic heterocycles. The molecule has 28 heavy (non-hydrogen) atoms. The van der Waals surface area contributed by atoms with Crippen LogP contribution in [0.3, 0.4) is 0 Å². The Labute approximate surface area is 170 Å². The summed E-state index contributed by atoms with van der Waals surface area (Å²) in [7, 11) is 1.74. The van der Waals surface area contributed by atoms with Crippen molar-refractivity contribution in [1.29, 1.82) is 0 Å². The van der Waals surface area contributed by atoms with Gasteiger partial charge < -0.3 is 25.2 Å². The van der Waals surface area contributed by atoms with Gasteiger partial charge in [-0.05, 0) is 24.3 Å². The summed E-state index contributed by atoms with van der Waals surface area (Å²) < 4.78 is 5.79. The molecule has 9 heteroatoms. The molecule has 2 aromatic rings. The number of rotatable bonds is 5. The number of nitrogens with one attached hydrogen (secondary N) is 1. The van der Waals surface area contributed by atoms with Gasteiger partial charge in [0.1, 0.15) is 23.8 Å². The van der Waals surface area contributed by atoms with Crippen LogP contribution < -0.4 is 15.0 Å². The minimum Gasteiger partial charge on any atom is -0.507 e. The number of amides is 1. The van der Waals surface area contributed by atoms with Crippen molar-refractivity contribution in [2.75, 3.05) is 25.0 Å². The number of aliphatic hydroxyl groups is 1. The van der Waals surface area contributed by atoms with Crippen molar-refractivity contribution < 1.29 is 24.5 Å². The zero-order chi connectivity index (χ0) is 20.4. The molecule has 0 saturated carbocycles. The van der Waals surface area contributed by atoms with Crippen LogP contribution in [0, 0.1) is 0 Å². The SMILES string of the molecule is CN1CC(C(=O)NCC(=O)O)=C(O)c2ccc(Oc3cc(Cl)ccc3Cl)cc21. The van der Waals surface area contributed by atoms with Gasteiger partial charge in [0, 0.05) is 29.8 Å². The highest BCUT2D eigenvalue weighted by Crippen LogP contribution is 2.38. The molecular formula is C19H16Cl2N2O5. The Bertz CT molecular complexity index is 990. The highest BCUT2D eigenvalue weighted by molar-refractivity contribution is 6.34. The molecule has 0 aliphatic carbocycles. The molecule has 0 fully saturated rings. The largest absolute Gasteiger partial charge is 0.507 e. The van der Waals surface area contributed by atoms with Crippen LogP contribution in [0.25, 0.3) is 5.76 Å². The summed E-state index contributed by atoms with van der Waals surface area (Å²) in [5.41, 5.74) is 1.16. The van der Waals surface area contributed by atoms with Crippen LogP contribution in [0.5, 0.6) is 11.5 Å². The smallest absolute Gasteiger partial charge is 0.322 e. The fourth-order valence-electron chi connectivity index (χ4n) is 2.78. The second kappa shape index (κ2) is 8.00. The highest BCUT2D eigenvalue weighted by atomic mass is 35.5. The van der Waals surface area contributed by atoms with E-state index in [0.717, 1.165) is 0 Å². The van der Waals surface area contributed by atoms with E-state index >= 15 is 0 Å². The molecular weight excluding hydrogens is 407 g/mol. The molecule has 7 nitrogen and oxygen atoms in total. The van der Waals surface area contributed by atoms with Crippen molar-refractivity contribution in [2.24, 2.45) is 0 Å². The van der Waals surface area contributed by atoms with Crippen molar-refractivity contribution >= 4 is 46.5 Å². The van der Waals surface area contributed by atoms with Gasteiger partial charge in [0.05, 0.1) is 22.8 Å². The van der Waals surface area contributed by atoms with Gasteiger partial charge in [0.2, 0.25) is 0 Å². The summed E-state index contributed by atoms with van der Waals surface area (Å²) in [6.07, 6.45) is 0. The third-order valence-corrected chi connectivity index (χ3v) is 4.66. The molecule has 1 amide bonds. The zero-order valence-corrected chi connectivity index (χ0v) is 16.2. The maximum atomic E-state index is 12.2. The van der Waals surface area contributed by atoms with E-state index in [1.807, 2.05) is 0 Å². The fraction of sp³-hybridized carbons (Fsp3) is 0.158. The van der Waals surface area contributed by atoms with E-state index in [2.05, 4.69) is 5.32 Å². The van der Waals surface area contributed by atoms with E-state index in [1.165, 1.54) is 0 Å². The summed E-state index contributed by atoms with van der Waals surface area (Å²) in [4.78, 5) is 24.6. The molecule has 3 rings (SSSR count). The Morgan fingerprint density at radius 3 is 2.68 bits per heavy atom. The van der Waals surface area contributed by atoms with E-state index in [9.17, 15) is 14.7 Å². The molecule has 1 heterocycles. The number of ether oxygens (including phenoxy) is 1. The van der Waals surface area contributed by atoms with Crippen LogP contribution in [0.1, 0.15) is 5.56 Å². The number of nitrogens with zero attached hydrogens (tertiary/aromatic N) is 1. The van der Waals surface area contributed by atoms with Gasteiger partial charge in [0.15, 0.2) is 0 Å². The van der Waals surface area contributed by atoms with Crippen molar-refractivity contribution in [3.05, 3.63) is 57.6 Å². The fourth-order valence-corrected chi connectivity index (χ4v) is 3.09. The Morgan fingerprint density at radius 1 is 1.21 bits per heavy atom. The monoisotopic (exact) mass is 422 g/mol. The predicted octanol–water partition coefficient (Wildman–Crippen LogP) is 3.71. The zero-order valence-electron chi connectivity index (χ0n) is 14.7. The van der Waals surface area contributed by atoms with E-state index < -0.39 is 18.4 Å². The lowest BCUT2D eigenvalue weighted by Gasteiger charge is -2.29. The number of benzene rings is 2.